The maximum absolute atomic E-state index is 11.5. The van der Waals surface area contributed by atoms with Crippen molar-refractivity contribution in [2.45, 2.75) is 31.6 Å². The molecule has 1 fully saturated rings. The number of nitriles is 1. The maximum Gasteiger partial charge on any atom is 0.263 e. The van der Waals surface area contributed by atoms with Crippen molar-refractivity contribution in [3.63, 3.8) is 0 Å². The number of H-pyrrole nitrogens is 1. The van der Waals surface area contributed by atoms with Crippen molar-refractivity contribution in [2.75, 3.05) is 0 Å². The molecule has 1 N–H and O–H groups in total. The quantitative estimate of drug-likeness (QED) is 0.850. The van der Waals surface area contributed by atoms with Gasteiger partial charge in [-0.3, -0.25) is 4.79 Å². The molecule has 1 aliphatic rings. The van der Waals surface area contributed by atoms with E-state index < -0.39 is 0 Å². The van der Waals surface area contributed by atoms with Gasteiger partial charge >= 0.3 is 0 Å². The molecule has 15 heavy (non-hydrogen) atoms. The lowest BCUT2D eigenvalue weighted by Crippen LogP contribution is -2.13. The molecular formula is C11H11BrN2O. The van der Waals surface area contributed by atoms with Crippen molar-refractivity contribution in [1.82, 2.24) is 4.98 Å². The standard InChI is InChI=1S/C11H11BrN2O/c12-10-8(6-13)5-9(14-11(10)15)7-3-1-2-4-7/h5,7H,1-4H2,(H,14,15). The number of rotatable bonds is 1. The van der Waals surface area contributed by atoms with E-state index in [9.17, 15) is 4.79 Å². The normalized spacial score (nSPS) is 16.5. The first-order chi connectivity index (χ1) is 7.22. The van der Waals surface area contributed by atoms with Gasteiger partial charge < -0.3 is 4.98 Å². The van der Waals surface area contributed by atoms with E-state index in [1.54, 1.807) is 6.07 Å². The summed E-state index contributed by atoms with van der Waals surface area (Å²) in [6, 6.07) is 3.83. The van der Waals surface area contributed by atoms with Gasteiger partial charge in [0.2, 0.25) is 0 Å². The summed E-state index contributed by atoms with van der Waals surface area (Å²) in [6.07, 6.45) is 4.65. The highest BCUT2D eigenvalue weighted by Gasteiger charge is 2.19. The fourth-order valence-electron chi connectivity index (χ4n) is 2.10. The number of hydrogen-bond donors (Lipinski definition) is 1. The summed E-state index contributed by atoms with van der Waals surface area (Å²) in [5.41, 5.74) is 1.15. The van der Waals surface area contributed by atoms with Crippen LogP contribution in [-0.4, -0.2) is 4.98 Å². The van der Waals surface area contributed by atoms with Crippen LogP contribution >= 0.6 is 15.9 Å². The van der Waals surface area contributed by atoms with E-state index in [1.807, 2.05) is 6.07 Å². The average Bonchev–Trinajstić information content (AvgIpc) is 2.75. The summed E-state index contributed by atoms with van der Waals surface area (Å²) in [5.74, 6) is 0.429. The maximum atomic E-state index is 11.5. The Hall–Kier alpha value is -1.08. The van der Waals surface area contributed by atoms with Gasteiger partial charge in [-0.05, 0) is 40.8 Å². The molecule has 0 unspecified atom stereocenters. The minimum atomic E-state index is -0.198. The topological polar surface area (TPSA) is 56.6 Å². The molecule has 0 radical (unpaired) electrons. The molecule has 1 saturated carbocycles. The number of aromatic amines is 1. The number of halogens is 1. The molecular weight excluding hydrogens is 256 g/mol. The van der Waals surface area contributed by atoms with Gasteiger partial charge in [-0.2, -0.15) is 5.26 Å². The third-order valence-corrected chi connectivity index (χ3v) is 3.70. The zero-order valence-electron chi connectivity index (χ0n) is 8.22. The Balaban J connectivity index is 2.46. The van der Waals surface area contributed by atoms with Crippen LogP contribution in [-0.2, 0) is 0 Å². The van der Waals surface area contributed by atoms with E-state index in [0.717, 1.165) is 18.5 Å². The smallest absolute Gasteiger partial charge is 0.263 e. The molecule has 4 heteroatoms. The summed E-state index contributed by atoms with van der Waals surface area (Å²) >= 11 is 3.12. The van der Waals surface area contributed by atoms with Crippen LogP contribution in [0.1, 0.15) is 42.9 Å². The summed E-state index contributed by atoms with van der Waals surface area (Å²) in [6.45, 7) is 0. The molecule has 1 aromatic heterocycles. The molecule has 0 aliphatic heterocycles. The highest BCUT2D eigenvalue weighted by atomic mass is 79.9. The van der Waals surface area contributed by atoms with E-state index in [1.165, 1.54) is 12.8 Å². The Bertz CT molecular complexity index is 466. The third kappa shape index (κ3) is 1.98. The first kappa shape index (κ1) is 10.4. The van der Waals surface area contributed by atoms with E-state index in [0.29, 0.717) is 16.0 Å². The van der Waals surface area contributed by atoms with E-state index >= 15 is 0 Å². The monoisotopic (exact) mass is 266 g/mol. The van der Waals surface area contributed by atoms with Gasteiger partial charge in [0, 0.05) is 5.69 Å². The Labute approximate surface area is 96.3 Å². The average molecular weight is 267 g/mol. The second kappa shape index (κ2) is 4.19. The minimum absolute atomic E-state index is 0.198. The van der Waals surface area contributed by atoms with Crippen LogP contribution in [0, 0.1) is 11.3 Å². The van der Waals surface area contributed by atoms with Crippen molar-refractivity contribution < 1.29 is 0 Å². The van der Waals surface area contributed by atoms with Crippen LogP contribution in [0.25, 0.3) is 0 Å². The fourth-order valence-corrected chi connectivity index (χ4v) is 2.40. The lowest BCUT2D eigenvalue weighted by Gasteiger charge is -2.09. The molecule has 1 heterocycles. The predicted octanol–water partition coefficient (Wildman–Crippen LogP) is 2.67. The van der Waals surface area contributed by atoms with Crippen molar-refractivity contribution in [3.05, 3.63) is 32.2 Å². The summed E-state index contributed by atoms with van der Waals surface area (Å²) in [5, 5.41) is 8.88. The Morgan fingerprint density at radius 2 is 2.13 bits per heavy atom. The summed E-state index contributed by atoms with van der Waals surface area (Å²) in [4.78, 5) is 14.4. The number of pyridine rings is 1. The molecule has 0 atom stereocenters. The van der Waals surface area contributed by atoms with Crippen LogP contribution < -0.4 is 5.56 Å². The largest absolute Gasteiger partial charge is 0.325 e. The van der Waals surface area contributed by atoms with Crippen molar-refractivity contribution in [3.8, 4) is 6.07 Å². The first-order valence-corrected chi connectivity index (χ1v) is 5.84. The molecule has 1 aromatic rings. The molecule has 1 aliphatic carbocycles. The van der Waals surface area contributed by atoms with Crippen molar-refractivity contribution in [1.29, 1.82) is 5.26 Å². The minimum Gasteiger partial charge on any atom is -0.325 e. The molecule has 78 valence electrons. The van der Waals surface area contributed by atoms with Gasteiger partial charge in [-0.1, -0.05) is 12.8 Å². The predicted molar refractivity (Wildman–Crippen MR) is 60.7 cm³/mol. The van der Waals surface area contributed by atoms with Gasteiger partial charge in [0.1, 0.15) is 10.5 Å². The molecule has 2 rings (SSSR count). The van der Waals surface area contributed by atoms with Crippen LogP contribution in [0.4, 0.5) is 0 Å². The highest BCUT2D eigenvalue weighted by Crippen LogP contribution is 2.33. The summed E-state index contributed by atoms with van der Waals surface area (Å²) < 4.78 is 0.340. The van der Waals surface area contributed by atoms with Gasteiger partial charge in [0.15, 0.2) is 0 Å². The lowest BCUT2D eigenvalue weighted by atomic mass is 10.0. The second-order valence-corrected chi connectivity index (χ2v) is 4.67. The van der Waals surface area contributed by atoms with Crippen molar-refractivity contribution >= 4 is 15.9 Å². The number of hydrogen-bond acceptors (Lipinski definition) is 2. The SMILES string of the molecule is N#Cc1cc(C2CCCC2)[nH]c(=O)c1Br. The van der Waals surface area contributed by atoms with Gasteiger partial charge in [-0.25, -0.2) is 0 Å². The Kier molecular flexibility index (Phi) is 2.92. The highest BCUT2D eigenvalue weighted by molar-refractivity contribution is 9.10. The van der Waals surface area contributed by atoms with E-state index in [-0.39, 0.29) is 5.56 Å². The lowest BCUT2D eigenvalue weighted by molar-refractivity contribution is 0.693. The number of aromatic nitrogens is 1. The second-order valence-electron chi connectivity index (χ2n) is 3.87. The van der Waals surface area contributed by atoms with Gasteiger partial charge in [-0.15, -0.1) is 0 Å². The van der Waals surface area contributed by atoms with Gasteiger partial charge in [0.05, 0.1) is 5.56 Å². The zero-order chi connectivity index (χ0) is 10.8. The van der Waals surface area contributed by atoms with E-state index in [2.05, 4.69) is 20.9 Å². The first-order valence-electron chi connectivity index (χ1n) is 5.05. The Morgan fingerprint density at radius 3 is 2.73 bits per heavy atom. The third-order valence-electron chi connectivity index (χ3n) is 2.91. The molecule has 0 saturated heterocycles. The summed E-state index contributed by atoms with van der Waals surface area (Å²) in [7, 11) is 0. The molecule has 0 aromatic carbocycles. The number of nitrogens with one attached hydrogen (secondary N) is 1. The van der Waals surface area contributed by atoms with E-state index in [4.69, 9.17) is 5.26 Å². The molecule has 0 spiro atoms. The van der Waals surface area contributed by atoms with Crippen molar-refractivity contribution in [2.24, 2.45) is 0 Å². The zero-order valence-corrected chi connectivity index (χ0v) is 9.80. The number of nitrogens with zero attached hydrogens (tertiary/aromatic N) is 1. The van der Waals surface area contributed by atoms with Crippen LogP contribution in [0.5, 0.6) is 0 Å². The molecule has 0 amide bonds. The Morgan fingerprint density at radius 1 is 1.47 bits per heavy atom. The molecule has 3 nitrogen and oxygen atoms in total. The fraction of sp³-hybridized carbons (Fsp3) is 0.455. The van der Waals surface area contributed by atoms with Gasteiger partial charge in [0.25, 0.3) is 5.56 Å². The van der Waals surface area contributed by atoms with Crippen LogP contribution in [0.3, 0.4) is 0 Å². The van der Waals surface area contributed by atoms with Crippen LogP contribution in [0.15, 0.2) is 15.3 Å². The van der Waals surface area contributed by atoms with Crippen LogP contribution in [0.2, 0.25) is 0 Å². The molecule has 0 bridgehead atoms.